The molecule has 6 atom stereocenters. The van der Waals surface area contributed by atoms with E-state index in [4.69, 9.17) is 18.9 Å². The van der Waals surface area contributed by atoms with Gasteiger partial charge < -0.3 is 39.4 Å². The predicted molar refractivity (Wildman–Crippen MR) is 252 cm³/mol. The Morgan fingerprint density at radius 2 is 0.903 bits per heavy atom. The lowest BCUT2D eigenvalue weighted by Gasteiger charge is -2.39. The van der Waals surface area contributed by atoms with Gasteiger partial charge in [0.1, 0.15) is 31.0 Å². The Balaban J connectivity index is 2.26. The molecule has 6 unspecified atom stereocenters. The summed E-state index contributed by atoms with van der Waals surface area (Å²) in [5, 5.41) is 40.2. The Morgan fingerprint density at radius 1 is 0.500 bits per heavy atom. The first-order valence-corrected chi connectivity index (χ1v) is 25.6. The molecule has 0 spiro atoms. The quantitative estimate of drug-likeness (QED) is 0.0265. The maximum atomic E-state index is 12.8. The van der Waals surface area contributed by atoms with Crippen molar-refractivity contribution in [3.8, 4) is 0 Å². The molecule has 1 fully saturated rings. The molecule has 0 aromatic carbocycles. The highest BCUT2D eigenvalue weighted by atomic mass is 16.7. The van der Waals surface area contributed by atoms with Gasteiger partial charge in [-0.3, -0.25) is 9.59 Å². The number of allylic oxidation sites excluding steroid dienone is 6. The smallest absolute Gasteiger partial charge is 0.306 e. The molecule has 0 aromatic heterocycles. The number of rotatable bonds is 43. The second kappa shape index (κ2) is 42.8. The van der Waals surface area contributed by atoms with Crippen LogP contribution in [0.1, 0.15) is 226 Å². The highest BCUT2D eigenvalue weighted by Gasteiger charge is 2.44. The number of unbranched alkanes of at least 4 members (excludes halogenated alkanes) is 26. The topological polar surface area (TPSA) is 152 Å². The minimum absolute atomic E-state index is 0.214. The Bertz CT molecular complexity index is 1110. The van der Waals surface area contributed by atoms with Gasteiger partial charge in [-0.1, -0.05) is 179 Å². The molecule has 1 saturated heterocycles. The Hall–Kier alpha value is -2.08. The zero-order valence-corrected chi connectivity index (χ0v) is 39.6. The molecular weight excluding hydrogens is 785 g/mol. The molecule has 1 aliphatic heterocycles. The highest BCUT2D eigenvalue weighted by molar-refractivity contribution is 5.70. The molecule has 1 aliphatic rings. The lowest BCUT2D eigenvalue weighted by atomic mass is 9.99. The monoisotopic (exact) mass is 879 g/mol. The summed E-state index contributed by atoms with van der Waals surface area (Å²) in [6.45, 7) is 3.41. The molecule has 0 bridgehead atoms. The van der Waals surface area contributed by atoms with Crippen molar-refractivity contribution < 1.29 is 49.0 Å². The number of aliphatic hydroxyl groups is 4. The maximum absolute atomic E-state index is 12.8. The molecule has 10 nitrogen and oxygen atoms in total. The Morgan fingerprint density at radius 3 is 1.37 bits per heavy atom. The van der Waals surface area contributed by atoms with Gasteiger partial charge in [0.05, 0.1) is 13.2 Å². The molecular formula is C52H94O10. The fourth-order valence-corrected chi connectivity index (χ4v) is 7.68. The summed E-state index contributed by atoms with van der Waals surface area (Å²) >= 11 is 0. The van der Waals surface area contributed by atoms with Crippen LogP contribution in [0.4, 0.5) is 0 Å². The number of esters is 2. The molecule has 0 aliphatic carbocycles. The number of hydrogen-bond donors (Lipinski definition) is 4. The van der Waals surface area contributed by atoms with E-state index in [9.17, 15) is 30.0 Å². The standard InChI is InChI=1S/C52H94O10/c1-3-5-7-9-11-13-15-17-19-21-22-23-24-25-27-28-30-32-34-36-38-40-47(54)59-43-45(44-60-52-51(58)50(57)49(56)46(42-53)62-52)61-48(55)41-39-37-35-33-31-29-26-20-18-16-14-12-10-8-6-4-2/h14,16,20-22,26,45-46,49-53,56-58H,3-13,15,17-19,23-25,27-44H2,1-2H3/b16-14-,22-21-,26-20-. The van der Waals surface area contributed by atoms with E-state index in [1.54, 1.807) is 0 Å². The number of carbonyl (C=O) groups is 2. The second-order valence-electron chi connectivity index (χ2n) is 17.6. The third-order valence-electron chi connectivity index (χ3n) is 11.7. The Kier molecular flexibility index (Phi) is 40.0. The normalized spacial score (nSPS) is 19.9. The summed E-state index contributed by atoms with van der Waals surface area (Å²) < 4.78 is 22.2. The average Bonchev–Trinajstić information content (AvgIpc) is 3.27. The molecule has 362 valence electrons. The van der Waals surface area contributed by atoms with Crippen LogP contribution in [-0.2, 0) is 28.5 Å². The minimum Gasteiger partial charge on any atom is -0.462 e. The molecule has 0 aromatic rings. The fourth-order valence-electron chi connectivity index (χ4n) is 7.68. The first-order valence-electron chi connectivity index (χ1n) is 25.6. The van der Waals surface area contributed by atoms with Gasteiger partial charge in [0, 0.05) is 12.8 Å². The Labute approximate surface area is 378 Å². The van der Waals surface area contributed by atoms with Crippen molar-refractivity contribution in [1.82, 2.24) is 0 Å². The summed E-state index contributed by atoms with van der Waals surface area (Å²) in [5.74, 6) is -0.819. The van der Waals surface area contributed by atoms with Gasteiger partial charge >= 0.3 is 11.9 Å². The average molecular weight is 879 g/mol. The number of carbonyl (C=O) groups excluding carboxylic acids is 2. The van der Waals surface area contributed by atoms with Gasteiger partial charge in [-0.15, -0.1) is 0 Å². The van der Waals surface area contributed by atoms with Crippen LogP contribution >= 0.6 is 0 Å². The number of aliphatic hydroxyl groups excluding tert-OH is 4. The second-order valence-corrected chi connectivity index (χ2v) is 17.6. The molecule has 0 amide bonds. The first-order chi connectivity index (χ1) is 30.3. The first kappa shape index (κ1) is 57.9. The van der Waals surface area contributed by atoms with Crippen molar-refractivity contribution in [2.24, 2.45) is 0 Å². The van der Waals surface area contributed by atoms with Gasteiger partial charge in [-0.05, 0) is 70.6 Å². The van der Waals surface area contributed by atoms with Gasteiger partial charge in [0.25, 0.3) is 0 Å². The van der Waals surface area contributed by atoms with Crippen LogP contribution in [0.3, 0.4) is 0 Å². The van der Waals surface area contributed by atoms with Crippen LogP contribution in [0.15, 0.2) is 36.5 Å². The van der Waals surface area contributed by atoms with Crippen LogP contribution < -0.4 is 0 Å². The zero-order valence-electron chi connectivity index (χ0n) is 39.6. The van der Waals surface area contributed by atoms with Crippen molar-refractivity contribution in [2.75, 3.05) is 19.8 Å². The van der Waals surface area contributed by atoms with Crippen LogP contribution in [0.5, 0.6) is 0 Å². The lowest BCUT2D eigenvalue weighted by molar-refractivity contribution is -0.305. The third kappa shape index (κ3) is 33.4. The van der Waals surface area contributed by atoms with Crippen molar-refractivity contribution in [2.45, 2.75) is 263 Å². The van der Waals surface area contributed by atoms with E-state index in [1.807, 2.05) is 0 Å². The van der Waals surface area contributed by atoms with E-state index >= 15 is 0 Å². The highest BCUT2D eigenvalue weighted by Crippen LogP contribution is 2.23. The molecule has 4 N–H and O–H groups in total. The van der Waals surface area contributed by atoms with Gasteiger partial charge in [-0.25, -0.2) is 0 Å². The summed E-state index contributed by atoms with van der Waals surface area (Å²) in [6, 6.07) is 0. The van der Waals surface area contributed by atoms with Crippen molar-refractivity contribution in [1.29, 1.82) is 0 Å². The van der Waals surface area contributed by atoms with E-state index in [0.717, 1.165) is 64.2 Å². The van der Waals surface area contributed by atoms with Gasteiger partial charge in [-0.2, -0.15) is 0 Å². The minimum atomic E-state index is -1.60. The van der Waals surface area contributed by atoms with Crippen LogP contribution in [0, 0.1) is 0 Å². The summed E-state index contributed by atoms with van der Waals surface area (Å²) in [6.07, 6.45) is 42.9. The van der Waals surface area contributed by atoms with Gasteiger partial charge in [0.15, 0.2) is 12.4 Å². The molecule has 10 heteroatoms. The van der Waals surface area contributed by atoms with Crippen molar-refractivity contribution >= 4 is 11.9 Å². The fraction of sp³-hybridized carbons (Fsp3) is 0.846. The zero-order chi connectivity index (χ0) is 45.1. The van der Waals surface area contributed by atoms with E-state index in [2.05, 4.69) is 50.3 Å². The molecule has 1 heterocycles. The largest absolute Gasteiger partial charge is 0.462 e. The summed E-state index contributed by atoms with van der Waals surface area (Å²) in [4.78, 5) is 25.4. The van der Waals surface area contributed by atoms with Crippen LogP contribution in [0.25, 0.3) is 0 Å². The number of hydrogen-bond acceptors (Lipinski definition) is 10. The molecule has 0 radical (unpaired) electrons. The van der Waals surface area contributed by atoms with Crippen molar-refractivity contribution in [3.63, 3.8) is 0 Å². The third-order valence-corrected chi connectivity index (χ3v) is 11.7. The van der Waals surface area contributed by atoms with Crippen molar-refractivity contribution in [3.05, 3.63) is 36.5 Å². The predicted octanol–water partition coefficient (Wildman–Crippen LogP) is 11.8. The number of ether oxygens (including phenoxy) is 4. The molecule has 0 saturated carbocycles. The maximum Gasteiger partial charge on any atom is 0.306 e. The molecule has 62 heavy (non-hydrogen) atoms. The SMILES string of the molecule is CCCCCC/C=C\C/C=C\CCCCCCCC(=O)OC(COC(=O)CCCCCCCCCCC/C=C\CCCCCCCCCC)COC1OC(CO)C(O)C(O)C1O. The van der Waals surface area contributed by atoms with E-state index in [1.165, 1.54) is 128 Å². The van der Waals surface area contributed by atoms with E-state index in [0.29, 0.717) is 6.42 Å². The lowest BCUT2D eigenvalue weighted by Crippen LogP contribution is -2.59. The van der Waals surface area contributed by atoms with Crippen LogP contribution in [-0.4, -0.2) is 89.0 Å². The summed E-state index contributed by atoms with van der Waals surface area (Å²) in [5.41, 5.74) is 0. The summed E-state index contributed by atoms with van der Waals surface area (Å²) in [7, 11) is 0. The molecule has 1 rings (SSSR count). The van der Waals surface area contributed by atoms with E-state index in [-0.39, 0.29) is 32.0 Å². The van der Waals surface area contributed by atoms with Gasteiger partial charge in [0.2, 0.25) is 0 Å². The van der Waals surface area contributed by atoms with E-state index < -0.39 is 49.4 Å². The van der Waals surface area contributed by atoms with Crippen LogP contribution in [0.2, 0.25) is 0 Å².